The first-order valence-electron chi connectivity index (χ1n) is 10.1. The number of H-pyrrole nitrogens is 2. The number of aryl methyl sites for hydroxylation is 1. The van der Waals surface area contributed by atoms with Gasteiger partial charge < -0.3 is 15.3 Å². The van der Waals surface area contributed by atoms with Gasteiger partial charge in [-0.1, -0.05) is 17.7 Å². The fraction of sp³-hybridized carbons (Fsp3) is 0.333. The molecule has 0 bridgehead atoms. The number of hydrogen-bond donors (Lipinski definition) is 3. The molecule has 0 saturated carbocycles. The fourth-order valence-corrected chi connectivity index (χ4v) is 5.19. The molecule has 0 aliphatic carbocycles. The Balaban J connectivity index is 1.36. The molecule has 2 heterocycles. The molecule has 9 nitrogen and oxygen atoms in total. The maximum Gasteiger partial charge on any atom is 0.323 e. The van der Waals surface area contributed by atoms with E-state index in [9.17, 15) is 18.0 Å². The second kappa shape index (κ2) is 8.66. The summed E-state index contributed by atoms with van der Waals surface area (Å²) < 4.78 is 27.4. The van der Waals surface area contributed by atoms with E-state index < -0.39 is 10.0 Å². The van der Waals surface area contributed by atoms with Crippen molar-refractivity contribution >= 4 is 32.7 Å². The van der Waals surface area contributed by atoms with E-state index >= 15 is 0 Å². The molecule has 1 aromatic heterocycles. The van der Waals surface area contributed by atoms with Crippen LogP contribution in [0.4, 0.5) is 5.69 Å². The third-order valence-corrected chi connectivity index (χ3v) is 7.29. The van der Waals surface area contributed by atoms with Gasteiger partial charge in [0.25, 0.3) is 0 Å². The van der Waals surface area contributed by atoms with Gasteiger partial charge in [0, 0.05) is 25.3 Å². The summed E-state index contributed by atoms with van der Waals surface area (Å²) in [5.41, 5.74) is 2.59. The first-order valence-corrected chi connectivity index (χ1v) is 11.6. The number of nitrogens with zero attached hydrogens (tertiary/aromatic N) is 2. The van der Waals surface area contributed by atoms with E-state index in [2.05, 4.69) is 15.3 Å². The summed E-state index contributed by atoms with van der Waals surface area (Å²) in [6.07, 6.45) is 0.648. The average molecular weight is 444 g/mol. The maximum absolute atomic E-state index is 12.9. The number of benzene rings is 2. The molecule has 10 heteroatoms. The van der Waals surface area contributed by atoms with Crippen LogP contribution in [-0.2, 0) is 14.8 Å². The van der Waals surface area contributed by atoms with Crippen LogP contribution in [0.5, 0.6) is 0 Å². The zero-order valence-electron chi connectivity index (χ0n) is 17.2. The van der Waals surface area contributed by atoms with Crippen LogP contribution in [0.2, 0.25) is 0 Å². The van der Waals surface area contributed by atoms with E-state index in [0.717, 1.165) is 5.56 Å². The highest BCUT2D eigenvalue weighted by molar-refractivity contribution is 7.89. The molecular weight excluding hydrogens is 418 g/mol. The molecule has 1 aliphatic heterocycles. The largest absolute Gasteiger partial charge is 0.325 e. The molecule has 31 heavy (non-hydrogen) atoms. The third-order valence-electron chi connectivity index (χ3n) is 5.37. The van der Waals surface area contributed by atoms with Gasteiger partial charge in [-0.2, -0.15) is 4.31 Å². The Morgan fingerprint density at radius 2 is 1.74 bits per heavy atom. The molecule has 0 atom stereocenters. The van der Waals surface area contributed by atoms with Crippen molar-refractivity contribution in [3.8, 4) is 0 Å². The van der Waals surface area contributed by atoms with Crippen molar-refractivity contribution in [1.29, 1.82) is 0 Å². The summed E-state index contributed by atoms with van der Waals surface area (Å²) in [5.74, 6) is -0.188. The number of hydrogen-bond acceptors (Lipinski definition) is 5. The molecule has 0 unspecified atom stereocenters. The van der Waals surface area contributed by atoms with Crippen LogP contribution in [0.1, 0.15) is 12.0 Å². The zero-order chi connectivity index (χ0) is 22.0. The van der Waals surface area contributed by atoms with Crippen LogP contribution in [0.25, 0.3) is 11.0 Å². The lowest BCUT2D eigenvalue weighted by atomic mass is 10.2. The Morgan fingerprint density at radius 1 is 1.00 bits per heavy atom. The normalized spacial score (nSPS) is 16.3. The van der Waals surface area contributed by atoms with E-state index in [1.165, 1.54) is 4.31 Å². The highest BCUT2D eigenvalue weighted by atomic mass is 32.2. The van der Waals surface area contributed by atoms with Crippen molar-refractivity contribution in [2.24, 2.45) is 0 Å². The molecule has 1 saturated heterocycles. The third kappa shape index (κ3) is 4.87. The second-order valence-corrected chi connectivity index (χ2v) is 9.67. The summed E-state index contributed by atoms with van der Waals surface area (Å²) >= 11 is 0. The average Bonchev–Trinajstić information content (AvgIpc) is 2.92. The van der Waals surface area contributed by atoms with Crippen LogP contribution >= 0.6 is 0 Å². The van der Waals surface area contributed by atoms with Crippen LogP contribution in [0, 0.1) is 6.92 Å². The molecular formula is C21H25N5O4S. The summed E-state index contributed by atoms with van der Waals surface area (Å²) in [5, 5.41) is 2.84. The zero-order valence-corrected chi connectivity index (χ0v) is 18.0. The van der Waals surface area contributed by atoms with E-state index in [1.807, 2.05) is 11.8 Å². The van der Waals surface area contributed by atoms with Gasteiger partial charge in [0.05, 0.1) is 22.5 Å². The van der Waals surface area contributed by atoms with E-state index in [0.29, 0.717) is 54.2 Å². The van der Waals surface area contributed by atoms with Gasteiger partial charge >= 0.3 is 5.69 Å². The van der Waals surface area contributed by atoms with Crippen molar-refractivity contribution < 1.29 is 13.2 Å². The van der Waals surface area contributed by atoms with Crippen molar-refractivity contribution in [2.75, 3.05) is 38.0 Å². The maximum atomic E-state index is 12.9. The molecule has 3 aromatic rings. The number of sulfonamides is 1. The van der Waals surface area contributed by atoms with Gasteiger partial charge in [0.15, 0.2) is 0 Å². The molecule has 1 fully saturated rings. The lowest BCUT2D eigenvalue weighted by Crippen LogP contribution is -2.38. The smallest absolute Gasteiger partial charge is 0.323 e. The standard InChI is InChI=1S/C21H25N5O4S/c1-15-3-6-17(7-4-15)31(29,30)26-10-2-9-25(11-12-26)14-20(27)22-16-5-8-18-19(13-16)24-21(28)23-18/h3-8,13H,2,9-12,14H2,1H3,(H,22,27)(H2,23,24,28). The summed E-state index contributed by atoms with van der Waals surface area (Å²) in [6, 6.07) is 12.0. The summed E-state index contributed by atoms with van der Waals surface area (Å²) in [4.78, 5) is 31.4. The Hall–Kier alpha value is -2.95. The van der Waals surface area contributed by atoms with E-state index in [4.69, 9.17) is 0 Å². The van der Waals surface area contributed by atoms with Gasteiger partial charge in [-0.15, -0.1) is 0 Å². The lowest BCUT2D eigenvalue weighted by Gasteiger charge is -2.21. The Bertz CT molecular complexity index is 1250. The Morgan fingerprint density at radius 3 is 2.52 bits per heavy atom. The summed E-state index contributed by atoms with van der Waals surface area (Å²) in [6.45, 7) is 3.95. The second-order valence-electron chi connectivity index (χ2n) is 7.73. The monoisotopic (exact) mass is 443 g/mol. The molecule has 3 N–H and O–H groups in total. The lowest BCUT2D eigenvalue weighted by molar-refractivity contribution is -0.117. The van der Waals surface area contributed by atoms with Gasteiger partial charge in [-0.3, -0.25) is 9.69 Å². The fourth-order valence-electron chi connectivity index (χ4n) is 3.72. The molecule has 0 radical (unpaired) electrons. The number of carbonyl (C=O) groups excluding carboxylic acids is 1. The van der Waals surface area contributed by atoms with Gasteiger partial charge in [-0.25, -0.2) is 13.2 Å². The van der Waals surface area contributed by atoms with Crippen LogP contribution in [0.3, 0.4) is 0 Å². The topological polar surface area (TPSA) is 118 Å². The van der Waals surface area contributed by atoms with Gasteiger partial charge in [0.1, 0.15) is 0 Å². The van der Waals surface area contributed by atoms with Crippen molar-refractivity contribution in [3.63, 3.8) is 0 Å². The number of aromatic amines is 2. The van der Waals surface area contributed by atoms with E-state index in [-0.39, 0.29) is 18.1 Å². The number of fused-ring (bicyclic) bond motifs is 1. The van der Waals surface area contributed by atoms with Crippen molar-refractivity contribution in [3.05, 3.63) is 58.5 Å². The number of nitrogens with one attached hydrogen (secondary N) is 3. The minimum atomic E-state index is -3.55. The van der Waals surface area contributed by atoms with Crippen LogP contribution in [0.15, 0.2) is 52.2 Å². The molecule has 4 rings (SSSR count). The van der Waals surface area contributed by atoms with Crippen molar-refractivity contribution in [2.45, 2.75) is 18.2 Å². The summed E-state index contributed by atoms with van der Waals surface area (Å²) in [7, 11) is -3.55. The predicted octanol–water partition coefficient (Wildman–Crippen LogP) is 1.50. The first-order chi connectivity index (χ1) is 14.8. The minimum absolute atomic E-state index is 0.167. The number of carbonyl (C=O) groups is 1. The van der Waals surface area contributed by atoms with Crippen molar-refractivity contribution in [1.82, 2.24) is 19.2 Å². The minimum Gasteiger partial charge on any atom is -0.325 e. The van der Waals surface area contributed by atoms with Gasteiger partial charge in [0.2, 0.25) is 15.9 Å². The number of amides is 1. The highest BCUT2D eigenvalue weighted by Gasteiger charge is 2.27. The SMILES string of the molecule is Cc1ccc(S(=O)(=O)N2CCCN(CC(=O)Nc3ccc4[nH]c(=O)[nH]c4c3)CC2)cc1. The molecule has 164 valence electrons. The molecule has 1 aliphatic rings. The number of anilines is 1. The predicted molar refractivity (Wildman–Crippen MR) is 119 cm³/mol. The van der Waals surface area contributed by atoms with Crippen LogP contribution < -0.4 is 11.0 Å². The Kier molecular flexibility index (Phi) is 5.94. The van der Waals surface area contributed by atoms with Gasteiger partial charge in [-0.05, 0) is 50.2 Å². The Labute approximate surface area is 180 Å². The van der Waals surface area contributed by atoms with Crippen LogP contribution in [-0.4, -0.2) is 66.2 Å². The van der Waals surface area contributed by atoms with E-state index in [1.54, 1.807) is 42.5 Å². The number of imidazole rings is 1. The number of aromatic nitrogens is 2. The first kappa shape index (κ1) is 21.3. The molecule has 1 amide bonds. The quantitative estimate of drug-likeness (QED) is 0.552. The molecule has 2 aromatic carbocycles. The molecule has 0 spiro atoms. The number of rotatable bonds is 5. The highest BCUT2D eigenvalue weighted by Crippen LogP contribution is 2.19.